The highest BCUT2D eigenvalue weighted by Gasteiger charge is 2.19. The molecule has 0 radical (unpaired) electrons. The van der Waals surface area contributed by atoms with Crippen molar-refractivity contribution in [1.82, 2.24) is 10.2 Å². The molecule has 1 saturated heterocycles. The zero-order valence-electron chi connectivity index (χ0n) is 10.00. The van der Waals surface area contributed by atoms with Crippen LogP contribution in [-0.2, 0) is 0 Å². The SMILES string of the molecule is CCNC(C#N)CN1CCCCCC1C. The van der Waals surface area contributed by atoms with E-state index in [0.29, 0.717) is 6.04 Å². The van der Waals surface area contributed by atoms with Crippen molar-refractivity contribution in [1.29, 1.82) is 5.26 Å². The molecule has 1 heterocycles. The van der Waals surface area contributed by atoms with Crippen LogP contribution >= 0.6 is 0 Å². The topological polar surface area (TPSA) is 39.1 Å². The molecule has 0 aromatic rings. The minimum atomic E-state index is -0.00412. The maximum Gasteiger partial charge on any atom is 0.108 e. The van der Waals surface area contributed by atoms with Crippen LogP contribution in [0, 0.1) is 11.3 Å². The average molecular weight is 209 g/mol. The zero-order chi connectivity index (χ0) is 11.1. The number of hydrogen-bond acceptors (Lipinski definition) is 3. The van der Waals surface area contributed by atoms with E-state index in [4.69, 9.17) is 5.26 Å². The van der Waals surface area contributed by atoms with Gasteiger partial charge in [-0.3, -0.25) is 4.90 Å². The lowest BCUT2D eigenvalue weighted by Gasteiger charge is -2.28. The Balaban J connectivity index is 2.42. The molecule has 0 aromatic heterocycles. The lowest BCUT2D eigenvalue weighted by atomic mass is 10.1. The summed E-state index contributed by atoms with van der Waals surface area (Å²) in [6.45, 7) is 7.25. The van der Waals surface area contributed by atoms with Gasteiger partial charge in [-0.15, -0.1) is 0 Å². The molecule has 3 heteroatoms. The van der Waals surface area contributed by atoms with Crippen molar-refractivity contribution in [3.8, 4) is 6.07 Å². The third-order valence-corrected chi connectivity index (χ3v) is 3.21. The van der Waals surface area contributed by atoms with Crippen LogP contribution in [0.2, 0.25) is 0 Å². The first-order valence-electron chi connectivity index (χ1n) is 6.15. The Morgan fingerprint density at radius 2 is 2.27 bits per heavy atom. The first-order valence-corrected chi connectivity index (χ1v) is 6.15. The van der Waals surface area contributed by atoms with Crippen molar-refractivity contribution < 1.29 is 0 Å². The molecule has 1 rings (SSSR count). The highest BCUT2D eigenvalue weighted by molar-refractivity contribution is 4.92. The van der Waals surface area contributed by atoms with E-state index in [2.05, 4.69) is 30.1 Å². The number of rotatable bonds is 4. The van der Waals surface area contributed by atoms with E-state index < -0.39 is 0 Å². The fraction of sp³-hybridized carbons (Fsp3) is 0.917. The predicted octanol–water partition coefficient (Wildman–Crippen LogP) is 1.75. The first kappa shape index (κ1) is 12.5. The van der Waals surface area contributed by atoms with Gasteiger partial charge in [-0.25, -0.2) is 0 Å². The van der Waals surface area contributed by atoms with E-state index in [0.717, 1.165) is 19.6 Å². The van der Waals surface area contributed by atoms with Crippen LogP contribution < -0.4 is 5.32 Å². The number of likely N-dealkylation sites (tertiary alicyclic amines) is 1. The summed E-state index contributed by atoms with van der Waals surface area (Å²) in [5.74, 6) is 0. The molecule has 1 fully saturated rings. The van der Waals surface area contributed by atoms with Crippen molar-refractivity contribution in [2.45, 2.75) is 51.6 Å². The van der Waals surface area contributed by atoms with Crippen molar-refractivity contribution in [3.63, 3.8) is 0 Å². The molecule has 1 aliphatic rings. The Labute approximate surface area is 93.5 Å². The van der Waals surface area contributed by atoms with Gasteiger partial charge in [-0.2, -0.15) is 5.26 Å². The lowest BCUT2D eigenvalue weighted by molar-refractivity contribution is 0.202. The second kappa shape index (κ2) is 6.81. The molecular weight excluding hydrogens is 186 g/mol. The summed E-state index contributed by atoms with van der Waals surface area (Å²) in [5, 5.41) is 12.2. The fourth-order valence-corrected chi connectivity index (χ4v) is 2.24. The molecule has 0 aromatic carbocycles. The highest BCUT2D eigenvalue weighted by Crippen LogP contribution is 2.16. The quantitative estimate of drug-likeness (QED) is 0.766. The molecule has 2 unspecified atom stereocenters. The van der Waals surface area contributed by atoms with E-state index in [1.165, 1.54) is 25.7 Å². The van der Waals surface area contributed by atoms with Gasteiger partial charge in [0, 0.05) is 12.6 Å². The molecule has 0 spiro atoms. The number of hydrogen-bond donors (Lipinski definition) is 1. The van der Waals surface area contributed by atoms with Crippen molar-refractivity contribution in [2.24, 2.45) is 0 Å². The molecule has 2 atom stereocenters. The Kier molecular flexibility index (Phi) is 5.67. The number of nitriles is 1. The van der Waals surface area contributed by atoms with Crippen LogP contribution in [0.15, 0.2) is 0 Å². The lowest BCUT2D eigenvalue weighted by Crippen LogP contribution is -2.43. The average Bonchev–Trinajstić information content (AvgIpc) is 2.43. The van der Waals surface area contributed by atoms with Crippen molar-refractivity contribution in [2.75, 3.05) is 19.6 Å². The molecule has 1 N–H and O–H groups in total. The van der Waals surface area contributed by atoms with Crippen molar-refractivity contribution in [3.05, 3.63) is 0 Å². The minimum absolute atomic E-state index is 0.00412. The Morgan fingerprint density at radius 1 is 1.47 bits per heavy atom. The maximum absolute atomic E-state index is 9.01. The van der Waals surface area contributed by atoms with Crippen LogP contribution in [0.1, 0.15) is 39.5 Å². The van der Waals surface area contributed by atoms with Gasteiger partial charge < -0.3 is 5.32 Å². The summed E-state index contributed by atoms with van der Waals surface area (Å²) >= 11 is 0. The third-order valence-electron chi connectivity index (χ3n) is 3.21. The number of nitrogens with zero attached hydrogens (tertiary/aromatic N) is 2. The van der Waals surface area contributed by atoms with Gasteiger partial charge in [0.05, 0.1) is 6.07 Å². The minimum Gasteiger partial charge on any atom is -0.301 e. The van der Waals surface area contributed by atoms with Gasteiger partial charge in [-0.1, -0.05) is 19.8 Å². The zero-order valence-corrected chi connectivity index (χ0v) is 10.00. The van der Waals surface area contributed by atoms with Crippen LogP contribution in [0.5, 0.6) is 0 Å². The van der Waals surface area contributed by atoms with Gasteiger partial charge in [0.2, 0.25) is 0 Å². The van der Waals surface area contributed by atoms with Gasteiger partial charge in [0.1, 0.15) is 6.04 Å². The molecule has 1 aliphatic heterocycles. The van der Waals surface area contributed by atoms with E-state index in [9.17, 15) is 0 Å². The third kappa shape index (κ3) is 4.19. The molecule has 0 aliphatic carbocycles. The van der Waals surface area contributed by atoms with E-state index >= 15 is 0 Å². The van der Waals surface area contributed by atoms with Gasteiger partial charge in [-0.05, 0) is 32.9 Å². The standard InChI is InChI=1S/C12H23N3/c1-3-14-12(9-13)10-15-8-6-4-5-7-11(15)2/h11-12,14H,3-8,10H2,1-2H3. The van der Waals surface area contributed by atoms with Gasteiger partial charge in [0.25, 0.3) is 0 Å². The molecule has 86 valence electrons. The summed E-state index contributed by atoms with van der Waals surface area (Å²) in [4.78, 5) is 2.46. The maximum atomic E-state index is 9.01. The van der Waals surface area contributed by atoms with Crippen LogP contribution in [0.4, 0.5) is 0 Å². The molecule has 3 nitrogen and oxygen atoms in total. The monoisotopic (exact) mass is 209 g/mol. The molecule has 0 amide bonds. The normalized spacial score (nSPS) is 25.5. The number of nitrogens with one attached hydrogen (secondary N) is 1. The van der Waals surface area contributed by atoms with E-state index in [1.54, 1.807) is 0 Å². The van der Waals surface area contributed by atoms with Gasteiger partial charge >= 0.3 is 0 Å². The van der Waals surface area contributed by atoms with Crippen molar-refractivity contribution >= 4 is 0 Å². The summed E-state index contributed by atoms with van der Waals surface area (Å²) in [5.41, 5.74) is 0. The molecule has 15 heavy (non-hydrogen) atoms. The first-order chi connectivity index (χ1) is 7.27. The Bertz CT molecular complexity index is 209. The molecule has 0 saturated carbocycles. The predicted molar refractivity (Wildman–Crippen MR) is 62.6 cm³/mol. The van der Waals surface area contributed by atoms with Crippen LogP contribution in [0.3, 0.4) is 0 Å². The van der Waals surface area contributed by atoms with Gasteiger partial charge in [0.15, 0.2) is 0 Å². The largest absolute Gasteiger partial charge is 0.301 e. The Hall–Kier alpha value is -0.590. The van der Waals surface area contributed by atoms with Crippen LogP contribution in [-0.4, -0.2) is 36.6 Å². The summed E-state index contributed by atoms with van der Waals surface area (Å²) < 4.78 is 0. The Morgan fingerprint density at radius 3 is 2.93 bits per heavy atom. The summed E-state index contributed by atoms with van der Waals surface area (Å²) in [6, 6.07) is 2.98. The van der Waals surface area contributed by atoms with E-state index in [-0.39, 0.29) is 6.04 Å². The smallest absolute Gasteiger partial charge is 0.108 e. The molecular formula is C12H23N3. The van der Waals surface area contributed by atoms with E-state index in [1.807, 2.05) is 0 Å². The fourth-order valence-electron chi connectivity index (χ4n) is 2.24. The van der Waals surface area contributed by atoms with Crippen LogP contribution in [0.25, 0.3) is 0 Å². The summed E-state index contributed by atoms with van der Waals surface area (Å²) in [7, 11) is 0. The highest BCUT2D eigenvalue weighted by atomic mass is 15.2. The summed E-state index contributed by atoms with van der Waals surface area (Å²) in [6.07, 6.45) is 5.26. The second-order valence-corrected chi connectivity index (χ2v) is 4.43. The number of likely N-dealkylation sites (N-methyl/N-ethyl adjacent to an activating group) is 1. The second-order valence-electron chi connectivity index (χ2n) is 4.43. The molecule has 0 bridgehead atoms.